The van der Waals surface area contributed by atoms with Crippen molar-refractivity contribution in [2.24, 2.45) is 0 Å². The van der Waals surface area contributed by atoms with Gasteiger partial charge in [-0.2, -0.15) is 0 Å². The Hall–Kier alpha value is -1.42. The van der Waals surface area contributed by atoms with Gasteiger partial charge in [-0.25, -0.2) is 0 Å². The summed E-state index contributed by atoms with van der Waals surface area (Å²) >= 11 is 0. The van der Waals surface area contributed by atoms with Crippen molar-refractivity contribution in [1.29, 1.82) is 0 Å². The zero-order valence-corrected chi connectivity index (χ0v) is 12.1. The molecule has 2 unspecified atom stereocenters. The lowest BCUT2D eigenvalue weighted by Crippen LogP contribution is -2.37. The summed E-state index contributed by atoms with van der Waals surface area (Å²) in [5.41, 5.74) is 7.97. The van der Waals surface area contributed by atoms with Crippen LogP contribution in [0, 0.1) is 0 Å². The quantitative estimate of drug-likeness (QED) is 0.831. The molecule has 106 valence electrons. The van der Waals surface area contributed by atoms with Crippen LogP contribution in [0.3, 0.4) is 0 Å². The average Bonchev–Trinajstić information content (AvgIpc) is 2.83. The van der Waals surface area contributed by atoms with Crippen molar-refractivity contribution in [3.05, 3.63) is 18.2 Å². The number of hydrogen-bond donors (Lipinski definition) is 1. The fraction of sp³-hybridized carbons (Fsp3) is 0.600. The van der Waals surface area contributed by atoms with Crippen molar-refractivity contribution in [1.82, 2.24) is 0 Å². The second kappa shape index (κ2) is 6.15. The zero-order chi connectivity index (χ0) is 13.8. The molecule has 2 N–H and O–H groups in total. The first kappa shape index (κ1) is 14.0. The summed E-state index contributed by atoms with van der Waals surface area (Å²) in [5, 5.41) is 0. The van der Waals surface area contributed by atoms with Crippen LogP contribution in [0.5, 0.6) is 5.75 Å². The van der Waals surface area contributed by atoms with Crippen LogP contribution in [0.15, 0.2) is 18.2 Å². The minimum atomic E-state index is 0.240. The normalized spacial score (nSPS) is 22.5. The summed E-state index contributed by atoms with van der Waals surface area (Å²) in [6.07, 6.45) is 2.26. The minimum absolute atomic E-state index is 0.240. The number of hydrogen-bond acceptors (Lipinski definition) is 4. The summed E-state index contributed by atoms with van der Waals surface area (Å²) in [7, 11) is 2.07. The molecule has 1 aliphatic rings. The summed E-state index contributed by atoms with van der Waals surface area (Å²) in [5.74, 6) is 0.776. The Labute approximate surface area is 115 Å². The maximum Gasteiger partial charge on any atom is 0.144 e. The molecule has 4 heteroatoms. The molecule has 0 radical (unpaired) electrons. The number of benzene rings is 1. The highest BCUT2D eigenvalue weighted by Gasteiger charge is 2.29. The Balaban J connectivity index is 2.19. The molecule has 0 saturated carbocycles. The number of rotatable bonds is 5. The molecule has 0 amide bonds. The number of nitrogen functional groups attached to an aromatic ring is 1. The van der Waals surface area contributed by atoms with Crippen molar-refractivity contribution in [3.63, 3.8) is 0 Å². The van der Waals surface area contributed by atoms with E-state index in [1.54, 1.807) is 0 Å². The molecule has 1 aromatic rings. The molecule has 1 heterocycles. The molecule has 1 saturated heterocycles. The molecule has 0 aromatic heterocycles. The van der Waals surface area contributed by atoms with Crippen LogP contribution >= 0.6 is 0 Å². The SMILES string of the molecule is CCCOc1cccc(N(C)C2CCOC2C)c1N. The Morgan fingerprint density at radius 3 is 2.89 bits per heavy atom. The van der Waals surface area contributed by atoms with Gasteiger partial charge in [0.15, 0.2) is 0 Å². The third kappa shape index (κ3) is 2.95. The van der Waals surface area contributed by atoms with Gasteiger partial charge in [0.2, 0.25) is 0 Å². The van der Waals surface area contributed by atoms with Gasteiger partial charge in [0.1, 0.15) is 5.75 Å². The molecule has 1 aliphatic heterocycles. The molecule has 19 heavy (non-hydrogen) atoms. The van der Waals surface area contributed by atoms with Crippen LogP contribution in [-0.2, 0) is 4.74 Å². The number of nitrogens with zero attached hydrogens (tertiary/aromatic N) is 1. The smallest absolute Gasteiger partial charge is 0.144 e. The third-order valence-electron chi connectivity index (χ3n) is 3.72. The van der Waals surface area contributed by atoms with E-state index >= 15 is 0 Å². The molecular formula is C15H24N2O2. The van der Waals surface area contributed by atoms with Crippen molar-refractivity contribution in [2.75, 3.05) is 30.9 Å². The highest BCUT2D eigenvalue weighted by atomic mass is 16.5. The van der Waals surface area contributed by atoms with E-state index in [0.717, 1.165) is 36.6 Å². The second-order valence-electron chi connectivity index (χ2n) is 5.08. The predicted octanol–water partition coefficient (Wildman–Crippen LogP) is 2.67. The molecule has 4 nitrogen and oxygen atoms in total. The molecule has 1 fully saturated rings. The maximum atomic E-state index is 6.23. The monoisotopic (exact) mass is 264 g/mol. The molecule has 0 aliphatic carbocycles. The Morgan fingerprint density at radius 2 is 2.26 bits per heavy atom. The minimum Gasteiger partial charge on any atom is -0.491 e. The highest BCUT2D eigenvalue weighted by molar-refractivity contribution is 5.74. The van der Waals surface area contributed by atoms with Crippen molar-refractivity contribution in [3.8, 4) is 5.75 Å². The van der Waals surface area contributed by atoms with Gasteiger partial charge in [-0.3, -0.25) is 0 Å². The van der Waals surface area contributed by atoms with E-state index < -0.39 is 0 Å². The van der Waals surface area contributed by atoms with Gasteiger partial charge in [0.05, 0.1) is 30.1 Å². The third-order valence-corrected chi connectivity index (χ3v) is 3.72. The van der Waals surface area contributed by atoms with Crippen LogP contribution in [0.25, 0.3) is 0 Å². The Morgan fingerprint density at radius 1 is 1.47 bits per heavy atom. The number of para-hydroxylation sites is 1. The number of likely N-dealkylation sites (N-methyl/N-ethyl adjacent to an activating group) is 1. The van der Waals surface area contributed by atoms with Crippen LogP contribution in [0.4, 0.5) is 11.4 Å². The van der Waals surface area contributed by atoms with Gasteiger partial charge < -0.3 is 20.1 Å². The Bertz CT molecular complexity index is 423. The van der Waals surface area contributed by atoms with Gasteiger partial charge in [-0.05, 0) is 31.9 Å². The van der Waals surface area contributed by atoms with Crippen molar-refractivity contribution in [2.45, 2.75) is 38.8 Å². The van der Waals surface area contributed by atoms with Crippen molar-refractivity contribution < 1.29 is 9.47 Å². The van der Waals surface area contributed by atoms with Gasteiger partial charge in [-0.15, -0.1) is 0 Å². The Kier molecular flexibility index (Phi) is 4.53. The predicted molar refractivity (Wildman–Crippen MR) is 78.9 cm³/mol. The number of anilines is 2. The zero-order valence-electron chi connectivity index (χ0n) is 12.1. The van der Waals surface area contributed by atoms with Gasteiger partial charge in [-0.1, -0.05) is 13.0 Å². The van der Waals surface area contributed by atoms with Gasteiger partial charge in [0.25, 0.3) is 0 Å². The summed E-state index contributed by atoms with van der Waals surface area (Å²) in [6.45, 7) is 5.72. The average molecular weight is 264 g/mol. The van der Waals surface area contributed by atoms with E-state index in [9.17, 15) is 0 Å². The summed E-state index contributed by atoms with van der Waals surface area (Å²) in [4.78, 5) is 2.21. The van der Waals surface area contributed by atoms with Crippen LogP contribution in [0.2, 0.25) is 0 Å². The molecule has 1 aromatic carbocycles. The molecule has 2 rings (SSSR count). The van der Waals surface area contributed by atoms with Crippen LogP contribution < -0.4 is 15.4 Å². The second-order valence-corrected chi connectivity index (χ2v) is 5.08. The fourth-order valence-electron chi connectivity index (χ4n) is 2.59. The standard InChI is InChI=1S/C15H24N2O2/c1-4-9-19-14-7-5-6-13(15(14)16)17(3)12-8-10-18-11(12)2/h5-7,11-12H,4,8-10,16H2,1-3H3. The first-order valence-corrected chi connectivity index (χ1v) is 7.00. The van der Waals surface area contributed by atoms with Crippen molar-refractivity contribution >= 4 is 11.4 Å². The van der Waals surface area contributed by atoms with E-state index in [1.165, 1.54) is 0 Å². The van der Waals surface area contributed by atoms with E-state index in [0.29, 0.717) is 12.6 Å². The lowest BCUT2D eigenvalue weighted by atomic mass is 10.1. The molecular weight excluding hydrogens is 240 g/mol. The topological polar surface area (TPSA) is 47.7 Å². The van der Waals surface area contributed by atoms with E-state index in [2.05, 4.69) is 25.8 Å². The lowest BCUT2D eigenvalue weighted by Gasteiger charge is -2.30. The highest BCUT2D eigenvalue weighted by Crippen LogP contribution is 2.34. The fourth-order valence-corrected chi connectivity index (χ4v) is 2.59. The maximum absolute atomic E-state index is 6.23. The lowest BCUT2D eigenvalue weighted by molar-refractivity contribution is 0.118. The molecule has 0 spiro atoms. The summed E-state index contributed by atoms with van der Waals surface area (Å²) in [6, 6.07) is 6.34. The number of ether oxygens (including phenoxy) is 2. The van der Waals surface area contributed by atoms with Gasteiger partial charge in [0, 0.05) is 13.7 Å². The number of nitrogens with two attached hydrogens (primary N) is 1. The van der Waals surface area contributed by atoms with Gasteiger partial charge >= 0.3 is 0 Å². The van der Waals surface area contributed by atoms with E-state index in [4.69, 9.17) is 15.2 Å². The van der Waals surface area contributed by atoms with Crippen LogP contribution in [0.1, 0.15) is 26.7 Å². The summed E-state index contributed by atoms with van der Waals surface area (Å²) < 4.78 is 11.3. The van der Waals surface area contributed by atoms with Crippen LogP contribution in [-0.4, -0.2) is 32.4 Å². The first-order chi connectivity index (χ1) is 9.15. The largest absolute Gasteiger partial charge is 0.491 e. The first-order valence-electron chi connectivity index (χ1n) is 7.00. The van der Waals surface area contributed by atoms with E-state index in [1.807, 2.05) is 18.2 Å². The van der Waals surface area contributed by atoms with E-state index in [-0.39, 0.29) is 6.10 Å². The molecule has 2 atom stereocenters. The molecule has 0 bridgehead atoms.